The number of methoxy groups -OCH3 is 1. The zero-order chi connectivity index (χ0) is 13.1. The molecule has 0 saturated heterocycles. The fourth-order valence-electron chi connectivity index (χ4n) is 1.54. The first-order valence-corrected chi connectivity index (χ1v) is 5.50. The lowest BCUT2D eigenvalue weighted by Crippen LogP contribution is -2.07. The summed E-state index contributed by atoms with van der Waals surface area (Å²) >= 11 is 5.64. The van der Waals surface area contributed by atoms with Crippen LogP contribution in [0, 0.1) is 5.82 Å². The molecule has 0 aliphatic heterocycles. The first-order valence-electron chi connectivity index (χ1n) is 5.12. The maximum atomic E-state index is 13.7. The summed E-state index contributed by atoms with van der Waals surface area (Å²) in [5.41, 5.74) is 0.145. The molecular weight excluding hydrogens is 257 g/mol. The van der Waals surface area contributed by atoms with Crippen LogP contribution >= 0.6 is 11.6 Å². The van der Waals surface area contributed by atoms with Crippen LogP contribution in [0.1, 0.15) is 15.9 Å². The van der Waals surface area contributed by atoms with E-state index in [2.05, 4.69) is 4.98 Å². The summed E-state index contributed by atoms with van der Waals surface area (Å²) in [5, 5.41) is 0.238. The summed E-state index contributed by atoms with van der Waals surface area (Å²) in [7, 11) is 1.40. The number of ether oxygens (including phenoxy) is 1. The van der Waals surface area contributed by atoms with E-state index >= 15 is 0 Å². The molecule has 2 rings (SSSR count). The third kappa shape index (κ3) is 2.33. The summed E-state index contributed by atoms with van der Waals surface area (Å²) in [6.45, 7) is 0. The van der Waals surface area contributed by atoms with Gasteiger partial charge in [-0.1, -0.05) is 11.6 Å². The van der Waals surface area contributed by atoms with Crippen LogP contribution in [0.4, 0.5) is 4.39 Å². The van der Waals surface area contributed by atoms with Crippen LogP contribution in [0.2, 0.25) is 5.02 Å². The molecule has 0 saturated carbocycles. The van der Waals surface area contributed by atoms with Gasteiger partial charge in [0.15, 0.2) is 0 Å². The Hall–Kier alpha value is -1.94. The zero-order valence-corrected chi connectivity index (χ0v) is 10.2. The van der Waals surface area contributed by atoms with Crippen LogP contribution in [-0.2, 0) is 0 Å². The summed E-state index contributed by atoms with van der Waals surface area (Å²) in [5.74, 6) is -0.996. The Morgan fingerprint density at radius 3 is 2.78 bits per heavy atom. The predicted octanol–water partition coefficient (Wildman–Crippen LogP) is 3.11. The third-order valence-electron chi connectivity index (χ3n) is 2.38. The molecule has 92 valence electrons. The first kappa shape index (κ1) is 12.5. The molecule has 0 radical (unpaired) electrons. The molecule has 0 aliphatic carbocycles. The van der Waals surface area contributed by atoms with E-state index in [-0.39, 0.29) is 22.0 Å². The maximum Gasteiger partial charge on any atom is 0.224 e. The number of carbonyl (C=O) groups excluding carboxylic acids is 1. The second-order valence-corrected chi connectivity index (χ2v) is 3.95. The van der Waals surface area contributed by atoms with Gasteiger partial charge in [0.2, 0.25) is 11.7 Å². The van der Waals surface area contributed by atoms with Crippen molar-refractivity contribution < 1.29 is 13.9 Å². The number of nitrogens with zero attached hydrogens (tertiary/aromatic N) is 1. The summed E-state index contributed by atoms with van der Waals surface area (Å²) in [4.78, 5) is 16.1. The zero-order valence-electron chi connectivity index (χ0n) is 9.48. The molecule has 18 heavy (non-hydrogen) atoms. The fraction of sp³-hybridized carbons (Fsp3) is 0.0769. The van der Waals surface area contributed by atoms with Crippen LogP contribution < -0.4 is 4.74 Å². The van der Waals surface area contributed by atoms with E-state index in [0.29, 0.717) is 0 Å². The lowest BCUT2D eigenvalue weighted by atomic mass is 10.0. The van der Waals surface area contributed by atoms with Gasteiger partial charge in [0.1, 0.15) is 5.82 Å². The van der Waals surface area contributed by atoms with Gasteiger partial charge < -0.3 is 4.74 Å². The van der Waals surface area contributed by atoms with E-state index in [0.717, 1.165) is 6.07 Å². The molecular formula is C13H9ClFNO2. The number of hydrogen-bond acceptors (Lipinski definition) is 3. The third-order valence-corrected chi connectivity index (χ3v) is 2.62. The van der Waals surface area contributed by atoms with Crippen molar-refractivity contribution in [3.8, 4) is 5.88 Å². The molecule has 0 amide bonds. The standard InChI is InChI=1S/C13H9ClFNO2/c1-18-13-10(3-2-6-16-13)12(17)9-5-4-8(14)7-11(9)15/h2-7H,1H3. The van der Waals surface area contributed by atoms with Crippen molar-refractivity contribution in [3.63, 3.8) is 0 Å². The molecule has 0 N–H and O–H groups in total. The average Bonchev–Trinajstić information content (AvgIpc) is 2.38. The van der Waals surface area contributed by atoms with Crippen LogP contribution in [-0.4, -0.2) is 17.9 Å². The van der Waals surface area contributed by atoms with E-state index in [9.17, 15) is 9.18 Å². The summed E-state index contributed by atoms with van der Waals surface area (Å²) in [6, 6.07) is 7.01. The van der Waals surface area contributed by atoms with Crippen LogP contribution in [0.3, 0.4) is 0 Å². The number of carbonyl (C=O) groups is 1. The van der Waals surface area contributed by atoms with E-state index in [1.807, 2.05) is 0 Å². The van der Waals surface area contributed by atoms with Crippen molar-refractivity contribution >= 4 is 17.4 Å². The lowest BCUT2D eigenvalue weighted by Gasteiger charge is -2.06. The molecule has 0 bridgehead atoms. The normalized spacial score (nSPS) is 10.2. The number of hydrogen-bond donors (Lipinski definition) is 0. The lowest BCUT2D eigenvalue weighted by molar-refractivity contribution is 0.103. The number of benzene rings is 1. The van der Waals surface area contributed by atoms with Gasteiger partial charge in [-0.2, -0.15) is 0 Å². The van der Waals surface area contributed by atoms with Crippen molar-refractivity contribution in [2.75, 3.05) is 7.11 Å². The molecule has 1 aromatic heterocycles. The molecule has 0 spiro atoms. The Kier molecular flexibility index (Phi) is 3.58. The van der Waals surface area contributed by atoms with Gasteiger partial charge in [0.25, 0.3) is 0 Å². The Bertz CT molecular complexity index is 601. The van der Waals surface area contributed by atoms with Crippen LogP contribution in [0.5, 0.6) is 5.88 Å². The number of ketones is 1. The average molecular weight is 266 g/mol. The largest absolute Gasteiger partial charge is 0.480 e. The quantitative estimate of drug-likeness (QED) is 0.801. The minimum absolute atomic E-state index is 0.0642. The van der Waals surface area contributed by atoms with E-state index in [1.165, 1.54) is 31.5 Å². The van der Waals surface area contributed by atoms with Gasteiger partial charge in [0, 0.05) is 11.2 Å². The molecule has 0 aliphatic rings. The van der Waals surface area contributed by atoms with Crippen molar-refractivity contribution in [1.29, 1.82) is 0 Å². The predicted molar refractivity (Wildman–Crippen MR) is 65.6 cm³/mol. The second kappa shape index (κ2) is 5.14. The molecule has 0 unspecified atom stereocenters. The molecule has 2 aromatic rings. The smallest absolute Gasteiger partial charge is 0.224 e. The maximum absolute atomic E-state index is 13.7. The van der Waals surface area contributed by atoms with Gasteiger partial charge in [0.05, 0.1) is 18.2 Å². The minimum Gasteiger partial charge on any atom is -0.480 e. The van der Waals surface area contributed by atoms with Gasteiger partial charge in [-0.25, -0.2) is 9.37 Å². The Labute approximate surface area is 108 Å². The first-order chi connectivity index (χ1) is 8.63. The van der Waals surface area contributed by atoms with Crippen LogP contribution in [0.15, 0.2) is 36.5 Å². The van der Waals surface area contributed by atoms with Gasteiger partial charge in [-0.15, -0.1) is 0 Å². The minimum atomic E-state index is -0.668. The monoisotopic (exact) mass is 265 g/mol. The van der Waals surface area contributed by atoms with Gasteiger partial charge >= 0.3 is 0 Å². The highest BCUT2D eigenvalue weighted by atomic mass is 35.5. The highest BCUT2D eigenvalue weighted by Gasteiger charge is 2.18. The van der Waals surface area contributed by atoms with Gasteiger partial charge in [-0.05, 0) is 30.3 Å². The number of rotatable bonds is 3. The highest BCUT2D eigenvalue weighted by Crippen LogP contribution is 2.22. The van der Waals surface area contributed by atoms with Crippen molar-refractivity contribution in [2.45, 2.75) is 0 Å². The number of halogens is 2. The van der Waals surface area contributed by atoms with E-state index in [4.69, 9.17) is 16.3 Å². The van der Waals surface area contributed by atoms with Crippen molar-refractivity contribution in [2.24, 2.45) is 0 Å². The van der Waals surface area contributed by atoms with Gasteiger partial charge in [-0.3, -0.25) is 4.79 Å². The van der Waals surface area contributed by atoms with Crippen molar-refractivity contribution in [3.05, 3.63) is 58.5 Å². The Balaban J connectivity index is 2.48. The van der Waals surface area contributed by atoms with Crippen molar-refractivity contribution in [1.82, 2.24) is 4.98 Å². The summed E-state index contributed by atoms with van der Waals surface area (Å²) in [6.07, 6.45) is 1.49. The Morgan fingerprint density at radius 2 is 2.11 bits per heavy atom. The molecule has 5 heteroatoms. The Morgan fingerprint density at radius 1 is 1.33 bits per heavy atom. The molecule has 3 nitrogen and oxygen atoms in total. The molecule has 0 atom stereocenters. The summed E-state index contributed by atoms with van der Waals surface area (Å²) < 4.78 is 18.6. The van der Waals surface area contributed by atoms with E-state index < -0.39 is 11.6 Å². The molecule has 1 heterocycles. The SMILES string of the molecule is COc1ncccc1C(=O)c1ccc(Cl)cc1F. The second-order valence-electron chi connectivity index (χ2n) is 3.51. The number of pyridine rings is 1. The van der Waals surface area contributed by atoms with Crippen LogP contribution in [0.25, 0.3) is 0 Å². The molecule has 1 aromatic carbocycles. The van der Waals surface area contributed by atoms with E-state index in [1.54, 1.807) is 6.07 Å². The highest BCUT2D eigenvalue weighted by molar-refractivity contribution is 6.30. The fourth-order valence-corrected chi connectivity index (χ4v) is 1.70. The number of aromatic nitrogens is 1. The topological polar surface area (TPSA) is 39.2 Å². The molecule has 0 fully saturated rings.